The fraction of sp³-hybridized carbons (Fsp3) is 0.200. The third-order valence-corrected chi connectivity index (χ3v) is 3.67. The molecule has 0 radical (unpaired) electrons. The zero-order valence-corrected chi connectivity index (χ0v) is 10.5. The van der Waals surface area contributed by atoms with Crippen molar-refractivity contribution in [1.82, 2.24) is 14.4 Å². The third kappa shape index (κ3) is 1.68. The summed E-state index contributed by atoms with van der Waals surface area (Å²) < 4.78 is 2.10. The lowest BCUT2D eigenvalue weighted by Crippen LogP contribution is -2.30. The molecule has 0 saturated carbocycles. The highest BCUT2D eigenvalue weighted by Crippen LogP contribution is 2.24. The Morgan fingerprint density at radius 3 is 2.84 bits per heavy atom. The number of nitrogens with zero attached hydrogens (tertiary/aromatic N) is 4. The van der Waals surface area contributed by atoms with Gasteiger partial charge in [-0.05, 0) is 18.2 Å². The molecule has 19 heavy (non-hydrogen) atoms. The number of para-hydroxylation sites is 1. The Balaban J connectivity index is 1.77. The maximum Gasteiger partial charge on any atom is 0.234 e. The first-order chi connectivity index (χ1) is 9.42. The summed E-state index contributed by atoms with van der Waals surface area (Å²) in [7, 11) is 0. The minimum atomic E-state index is 0.808. The number of anilines is 1. The van der Waals surface area contributed by atoms with Crippen LogP contribution in [0.4, 0.5) is 5.69 Å². The Morgan fingerprint density at radius 2 is 1.95 bits per heavy atom. The predicted octanol–water partition coefficient (Wildman–Crippen LogP) is 2.29. The van der Waals surface area contributed by atoms with E-state index in [0.29, 0.717) is 0 Å². The molecular formula is C15H14N4. The summed E-state index contributed by atoms with van der Waals surface area (Å²) in [5.74, 6) is 0.808. The van der Waals surface area contributed by atoms with Gasteiger partial charge in [0.15, 0.2) is 0 Å². The van der Waals surface area contributed by atoms with E-state index in [1.165, 1.54) is 17.1 Å². The van der Waals surface area contributed by atoms with Crippen molar-refractivity contribution in [1.29, 1.82) is 0 Å². The summed E-state index contributed by atoms with van der Waals surface area (Å²) in [6.45, 7) is 1.91. The van der Waals surface area contributed by atoms with Crippen molar-refractivity contribution in [2.75, 3.05) is 11.4 Å². The van der Waals surface area contributed by atoms with Crippen LogP contribution in [0.1, 0.15) is 11.4 Å². The number of aromatic nitrogens is 3. The van der Waals surface area contributed by atoms with Crippen molar-refractivity contribution in [3.05, 3.63) is 60.2 Å². The van der Waals surface area contributed by atoms with Gasteiger partial charge in [0, 0.05) is 31.0 Å². The fourth-order valence-corrected chi connectivity index (χ4v) is 2.71. The van der Waals surface area contributed by atoms with Gasteiger partial charge >= 0.3 is 0 Å². The normalized spacial score (nSPS) is 14.6. The maximum atomic E-state index is 4.61. The van der Waals surface area contributed by atoms with Crippen LogP contribution >= 0.6 is 0 Å². The Hall–Kier alpha value is -2.36. The van der Waals surface area contributed by atoms with E-state index in [2.05, 4.69) is 49.6 Å². The van der Waals surface area contributed by atoms with E-state index in [1.54, 1.807) is 6.20 Å². The van der Waals surface area contributed by atoms with Crippen molar-refractivity contribution < 1.29 is 0 Å². The molecule has 3 heterocycles. The molecule has 0 bridgehead atoms. The second-order valence-electron chi connectivity index (χ2n) is 4.80. The summed E-state index contributed by atoms with van der Waals surface area (Å²) in [4.78, 5) is 11.3. The lowest BCUT2D eigenvalue weighted by Gasteiger charge is -2.28. The highest BCUT2D eigenvalue weighted by atomic mass is 15.2. The molecule has 1 aliphatic rings. The Morgan fingerprint density at radius 1 is 1.05 bits per heavy atom. The summed E-state index contributed by atoms with van der Waals surface area (Å²) >= 11 is 0. The van der Waals surface area contributed by atoms with Crippen molar-refractivity contribution in [3.63, 3.8) is 0 Å². The lowest BCUT2D eigenvalue weighted by molar-refractivity contribution is 0.702. The van der Waals surface area contributed by atoms with E-state index in [0.717, 1.165) is 25.3 Å². The molecular weight excluding hydrogens is 236 g/mol. The third-order valence-electron chi connectivity index (χ3n) is 3.67. The number of benzene rings is 1. The van der Waals surface area contributed by atoms with Gasteiger partial charge in [-0.25, -0.2) is 9.97 Å². The van der Waals surface area contributed by atoms with Crippen molar-refractivity contribution in [2.45, 2.75) is 13.0 Å². The Kier molecular flexibility index (Phi) is 2.27. The van der Waals surface area contributed by atoms with Gasteiger partial charge in [-0.15, -0.1) is 0 Å². The first kappa shape index (κ1) is 10.6. The van der Waals surface area contributed by atoms with E-state index < -0.39 is 0 Å². The SMILES string of the molecule is c1ccc(N2CCc3nc4ncccn4c3C2)cc1. The number of fused-ring (bicyclic) bond motifs is 3. The molecule has 3 aromatic rings. The van der Waals surface area contributed by atoms with E-state index in [-0.39, 0.29) is 0 Å². The highest BCUT2D eigenvalue weighted by molar-refractivity contribution is 5.49. The number of hydrogen-bond donors (Lipinski definition) is 0. The molecule has 4 heteroatoms. The maximum absolute atomic E-state index is 4.61. The minimum absolute atomic E-state index is 0.808. The van der Waals surface area contributed by atoms with Crippen LogP contribution in [-0.4, -0.2) is 20.9 Å². The molecule has 0 aliphatic carbocycles. The first-order valence-electron chi connectivity index (χ1n) is 6.52. The molecule has 0 saturated heterocycles. The minimum Gasteiger partial charge on any atom is -0.365 e. The molecule has 4 nitrogen and oxygen atoms in total. The number of imidazole rings is 1. The van der Waals surface area contributed by atoms with Gasteiger partial charge in [0.2, 0.25) is 5.78 Å². The number of rotatable bonds is 1. The van der Waals surface area contributed by atoms with E-state index in [9.17, 15) is 0 Å². The van der Waals surface area contributed by atoms with E-state index in [4.69, 9.17) is 0 Å². The molecule has 2 aromatic heterocycles. The Bertz CT molecular complexity index is 717. The average Bonchev–Trinajstić information content (AvgIpc) is 2.86. The summed E-state index contributed by atoms with van der Waals surface area (Å²) in [6.07, 6.45) is 4.82. The zero-order valence-electron chi connectivity index (χ0n) is 10.5. The van der Waals surface area contributed by atoms with Crippen LogP contribution < -0.4 is 4.90 Å². The van der Waals surface area contributed by atoms with Gasteiger partial charge in [0.05, 0.1) is 17.9 Å². The summed E-state index contributed by atoms with van der Waals surface area (Å²) in [5, 5.41) is 0. The second-order valence-corrected chi connectivity index (χ2v) is 4.80. The average molecular weight is 250 g/mol. The van der Waals surface area contributed by atoms with Crippen LogP contribution in [0.15, 0.2) is 48.8 Å². The van der Waals surface area contributed by atoms with Crippen LogP contribution in [0.25, 0.3) is 5.78 Å². The highest BCUT2D eigenvalue weighted by Gasteiger charge is 2.21. The lowest BCUT2D eigenvalue weighted by atomic mass is 10.1. The second kappa shape index (κ2) is 4.09. The first-order valence-corrected chi connectivity index (χ1v) is 6.52. The van der Waals surface area contributed by atoms with Gasteiger partial charge < -0.3 is 4.90 Å². The summed E-state index contributed by atoms with van der Waals surface area (Å²) in [6, 6.07) is 12.5. The predicted molar refractivity (Wildman–Crippen MR) is 74.2 cm³/mol. The van der Waals surface area contributed by atoms with E-state index in [1.807, 2.05) is 12.3 Å². The molecule has 1 aliphatic heterocycles. The van der Waals surface area contributed by atoms with Crippen LogP contribution in [-0.2, 0) is 13.0 Å². The molecule has 0 atom stereocenters. The van der Waals surface area contributed by atoms with Crippen molar-refractivity contribution in [3.8, 4) is 0 Å². The molecule has 0 amide bonds. The van der Waals surface area contributed by atoms with Crippen LogP contribution in [0.2, 0.25) is 0 Å². The molecule has 4 rings (SSSR count). The van der Waals surface area contributed by atoms with Crippen LogP contribution in [0, 0.1) is 0 Å². The standard InChI is InChI=1S/C15H14N4/c1-2-5-12(6-3-1)18-10-7-13-14(11-18)19-9-4-8-16-15(19)17-13/h1-6,8-9H,7,10-11H2. The molecule has 0 fully saturated rings. The van der Waals surface area contributed by atoms with Gasteiger partial charge in [0.25, 0.3) is 0 Å². The quantitative estimate of drug-likeness (QED) is 0.664. The summed E-state index contributed by atoms with van der Waals surface area (Å²) in [5.41, 5.74) is 3.72. The van der Waals surface area contributed by atoms with E-state index >= 15 is 0 Å². The van der Waals surface area contributed by atoms with Crippen molar-refractivity contribution >= 4 is 11.5 Å². The van der Waals surface area contributed by atoms with Crippen LogP contribution in [0.5, 0.6) is 0 Å². The smallest absolute Gasteiger partial charge is 0.234 e. The fourth-order valence-electron chi connectivity index (χ4n) is 2.71. The van der Waals surface area contributed by atoms with Crippen LogP contribution in [0.3, 0.4) is 0 Å². The van der Waals surface area contributed by atoms with Gasteiger partial charge in [-0.3, -0.25) is 4.40 Å². The number of hydrogen-bond acceptors (Lipinski definition) is 3. The molecule has 0 unspecified atom stereocenters. The topological polar surface area (TPSA) is 33.4 Å². The largest absolute Gasteiger partial charge is 0.365 e. The zero-order chi connectivity index (χ0) is 12.7. The molecule has 1 aromatic carbocycles. The monoisotopic (exact) mass is 250 g/mol. The molecule has 0 N–H and O–H groups in total. The van der Waals surface area contributed by atoms with Gasteiger partial charge in [-0.2, -0.15) is 0 Å². The molecule has 94 valence electrons. The Labute approximate surface area is 111 Å². The van der Waals surface area contributed by atoms with Gasteiger partial charge in [0.1, 0.15) is 0 Å². The molecule has 0 spiro atoms. The van der Waals surface area contributed by atoms with Crippen molar-refractivity contribution in [2.24, 2.45) is 0 Å². The van der Waals surface area contributed by atoms with Gasteiger partial charge in [-0.1, -0.05) is 18.2 Å².